The Morgan fingerprint density at radius 1 is 1.36 bits per heavy atom. The maximum absolute atomic E-state index is 4.25. The van der Waals surface area contributed by atoms with Crippen molar-refractivity contribution in [2.45, 2.75) is 20.8 Å². The second-order valence-corrected chi connectivity index (χ2v) is 4.97. The standard InChI is InChI=1S/C9H18N4S/c1-9(2,3)7-6-13(10-4)8(14-5)12-11-7/h10H,6H2,1-5H3. The summed E-state index contributed by atoms with van der Waals surface area (Å²) in [6, 6.07) is 0. The van der Waals surface area contributed by atoms with Crippen LogP contribution in [0, 0.1) is 5.41 Å². The Hall–Kier alpha value is -0.550. The summed E-state index contributed by atoms with van der Waals surface area (Å²) in [5.41, 5.74) is 4.30. The number of rotatable bonds is 1. The van der Waals surface area contributed by atoms with Crippen LogP contribution in [0.25, 0.3) is 0 Å². The predicted molar refractivity (Wildman–Crippen MR) is 63.6 cm³/mol. The fraction of sp³-hybridized carbons (Fsp3) is 0.778. The van der Waals surface area contributed by atoms with Gasteiger partial charge in [-0.15, -0.1) is 5.10 Å². The third kappa shape index (κ3) is 2.48. The molecular formula is C9H18N4S. The summed E-state index contributed by atoms with van der Waals surface area (Å²) in [6.45, 7) is 7.26. The lowest BCUT2D eigenvalue weighted by Crippen LogP contribution is -2.47. The zero-order valence-electron chi connectivity index (χ0n) is 9.46. The second kappa shape index (κ2) is 4.31. The predicted octanol–water partition coefficient (Wildman–Crippen LogP) is 1.56. The number of hydrogen-bond donors (Lipinski definition) is 1. The van der Waals surface area contributed by atoms with Gasteiger partial charge in [-0.2, -0.15) is 5.10 Å². The quantitative estimate of drug-likeness (QED) is 0.720. The topological polar surface area (TPSA) is 40.0 Å². The molecule has 1 aliphatic rings. The summed E-state index contributed by atoms with van der Waals surface area (Å²) in [4.78, 5) is 0. The Balaban J connectivity index is 2.86. The Morgan fingerprint density at radius 2 is 2.00 bits per heavy atom. The fourth-order valence-corrected chi connectivity index (χ4v) is 1.62. The molecule has 0 saturated carbocycles. The molecule has 1 N–H and O–H groups in total. The molecule has 1 heterocycles. The normalized spacial score (nSPS) is 17.9. The van der Waals surface area contributed by atoms with E-state index >= 15 is 0 Å². The third-order valence-electron chi connectivity index (χ3n) is 2.11. The van der Waals surface area contributed by atoms with Gasteiger partial charge >= 0.3 is 0 Å². The van der Waals surface area contributed by atoms with Crippen LogP contribution in [0.3, 0.4) is 0 Å². The van der Waals surface area contributed by atoms with Crippen molar-refractivity contribution >= 4 is 22.6 Å². The van der Waals surface area contributed by atoms with Gasteiger partial charge in [0.2, 0.25) is 0 Å². The van der Waals surface area contributed by atoms with Crippen molar-refractivity contribution in [3.05, 3.63) is 0 Å². The Labute approximate surface area is 89.8 Å². The molecule has 0 aromatic carbocycles. The van der Waals surface area contributed by atoms with Gasteiger partial charge in [0.25, 0.3) is 0 Å². The number of hydrogen-bond acceptors (Lipinski definition) is 5. The number of hydrazine groups is 1. The Morgan fingerprint density at radius 3 is 2.43 bits per heavy atom. The molecule has 0 aromatic heterocycles. The number of nitrogens with zero attached hydrogens (tertiary/aromatic N) is 3. The summed E-state index contributed by atoms with van der Waals surface area (Å²) in [6.07, 6.45) is 2.00. The highest BCUT2D eigenvalue weighted by Crippen LogP contribution is 2.20. The smallest absolute Gasteiger partial charge is 0.200 e. The molecule has 0 bridgehead atoms. The molecule has 0 aliphatic carbocycles. The minimum atomic E-state index is 0.0859. The summed E-state index contributed by atoms with van der Waals surface area (Å²) < 4.78 is 0. The first kappa shape index (κ1) is 11.5. The number of amidine groups is 1. The summed E-state index contributed by atoms with van der Waals surface area (Å²) in [7, 11) is 1.90. The van der Waals surface area contributed by atoms with E-state index in [1.807, 2.05) is 18.3 Å². The maximum Gasteiger partial charge on any atom is 0.200 e. The summed E-state index contributed by atoms with van der Waals surface area (Å²) in [5.74, 6) is 0. The number of thioether (sulfide) groups is 1. The lowest BCUT2D eigenvalue weighted by Gasteiger charge is -2.31. The zero-order chi connectivity index (χ0) is 10.8. The molecule has 0 amide bonds. The first-order valence-electron chi connectivity index (χ1n) is 4.63. The monoisotopic (exact) mass is 214 g/mol. The average Bonchev–Trinajstić information content (AvgIpc) is 2.15. The largest absolute Gasteiger partial charge is 0.280 e. The van der Waals surface area contributed by atoms with E-state index in [4.69, 9.17) is 0 Å². The molecule has 14 heavy (non-hydrogen) atoms. The molecule has 80 valence electrons. The van der Waals surface area contributed by atoms with E-state index in [0.29, 0.717) is 0 Å². The summed E-state index contributed by atoms with van der Waals surface area (Å²) >= 11 is 1.60. The van der Waals surface area contributed by atoms with Crippen LogP contribution < -0.4 is 5.43 Å². The van der Waals surface area contributed by atoms with Crippen LogP contribution in [0.5, 0.6) is 0 Å². The first-order valence-corrected chi connectivity index (χ1v) is 5.85. The maximum atomic E-state index is 4.25. The van der Waals surface area contributed by atoms with Crippen LogP contribution in [0.1, 0.15) is 20.8 Å². The molecule has 0 aromatic rings. The van der Waals surface area contributed by atoms with Gasteiger partial charge in [-0.05, 0) is 6.26 Å². The van der Waals surface area contributed by atoms with Gasteiger partial charge < -0.3 is 0 Å². The van der Waals surface area contributed by atoms with Gasteiger partial charge in [0.05, 0.1) is 12.3 Å². The highest BCUT2D eigenvalue weighted by Gasteiger charge is 2.25. The van der Waals surface area contributed by atoms with Crippen molar-refractivity contribution in [3.8, 4) is 0 Å². The van der Waals surface area contributed by atoms with Crippen molar-refractivity contribution in [3.63, 3.8) is 0 Å². The van der Waals surface area contributed by atoms with E-state index in [1.54, 1.807) is 11.8 Å². The molecule has 1 aliphatic heterocycles. The van der Waals surface area contributed by atoms with E-state index in [0.717, 1.165) is 17.4 Å². The minimum absolute atomic E-state index is 0.0859. The molecule has 4 nitrogen and oxygen atoms in total. The van der Waals surface area contributed by atoms with Crippen LogP contribution in [0.15, 0.2) is 10.2 Å². The molecule has 0 saturated heterocycles. The molecule has 0 fully saturated rings. The van der Waals surface area contributed by atoms with Crippen molar-refractivity contribution in [1.29, 1.82) is 0 Å². The van der Waals surface area contributed by atoms with Crippen molar-refractivity contribution in [1.82, 2.24) is 10.4 Å². The van der Waals surface area contributed by atoms with Crippen LogP contribution in [0.4, 0.5) is 0 Å². The van der Waals surface area contributed by atoms with E-state index in [1.165, 1.54) is 0 Å². The van der Waals surface area contributed by atoms with Gasteiger partial charge in [-0.1, -0.05) is 32.5 Å². The highest BCUT2D eigenvalue weighted by molar-refractivity contribution is 8.13. The molecular weight excluding hydrogens is 196 g/mol. The van der Waals surface area contributed by atoms with E-state index in [-0.39, 0.29) is 5.41 Å². The minimum Gasteiger partial charge on any atom is -0.280 e. The lowest BCUT2D eigenvalue weighted by molar-refractivity contribution is 0.370. The lowest BCUT2D eigenvalue weighted by atomic mass is 9.90. The second-order valence-electron chi connectivity index (χ2n) is 4.19. The van der Waals surface area contributed by atoms with Crippen LogP contribution in [0.2, 0.25) is 0 Å². The van der Waals surface area contributed by atoms with Gasteiger partial charge in [0, 0.05) is 12.5 Å². The SMILES string of the molecule is CNN1CC(C(C)(C)C)=NN=C1SC. The van der Waals surface area contributed by atoms with Crippen LogP contribution >= 0.6 is 11.8 Å². The molecule has 0 spiro atoms. The van der Waals surface area contributed by atoms with Crippen LogP contribution in [-0.4, -0.2) is 35.7 Å². The average molecular weight is 214 g/mol. The first-order chi connectivity index (χ1) is 6.49. The van der Waals surface area contributed by atoms with Gasteiger partial charge in [0.15, 0.2) is 5.17 Å². The molecule has 1 rings (SSSR count). The Bertz CT molecular complexity index is 264. The third-order valence-corrected chi connectivity index (χ3v) is 2.78. The zero-order valence-corrected chi connectivity index (χ0v) is 10.3. The Kier molecular flexibility index (Phi) is 3.55. The summed E-state index contributed by atoms with van der Waals surface area (Å²) in [5, 5.41) is 11.4. The van der Waals surface area contributed by atoms with E-state index in [9.17, 15) is 0 Å². The molecule has 0 radical (unpaired) electrons. The van der Waals surface area contributed by atoms with Crippen molar-refractivity contribution < 1.29 is 0 Å². The van der Waals surface area contributed by atoms with E-state index in [2.05, 4.69) is 36.4 Å². The molecule has 0 atom stereocenters. The van der Waals surface area contributed by atoms with Crippen molar-refractivity contribution in [2.75, 3.05) is 19.8 Å². The molecule has 5 heteroatoms. The molecule has 0 unspecified atom stereocenters. The van der Waals surface area contributed by atoms with Crippen LogP contribution in [-0.2, 0) is 0 Å². The van der Waals surface area contributed by atoms with E-state index < -0.39 is 0 Å². The fourth-order valence-electron chi connectivity index (χ4n) is 1.12. The van der Waals surface area contributed by atoms with Gasteiger partial charge in [0.1, 0.15) is 0 Å². The number of nitrogens with one attached hydrogen (secondary N) is 1. The van der Waals surface area contributed by atoms with Gasteiger partial charge in [-0.25, -0.2) is 5.43 Å². The van der Waals surface area contributed by atoms with Gasteiger partial charge in [-0.3, -0.25) is 5.01 Å². The highest BCUT2D eigenvalue weighted by atomic mass is 32.2. The van der Waals surface area contributed by atoms with Crippen molar-refractivity contribution in [2.24, 2.45) is 15.6 Å².